The van der Waals surface area contributed by atoms with E-state index in [1.165, 1.54) is 0 Å². The van der Waals surface area contributed by atoms with Gasteiger partial charge in [0.05, 0.1) is 22.0 Å². The quantitative estimate of drug-likeness (QED) is 0.172. The van der Waals surface area contributed by atoms with E-state index in [2.05, 4.69) is 41.8 Å². The molecule has 0 radical (unpaired) electrons. The van der Waals surface area contributed by atoms with Crippen LogP contribution in [0.2, 0.25) is 0 Å². The van der Waals surface area contributed by atoms with Gasteiger partial charge < -0.3 is 0 Å². The molecule has 0 spiro atoms. The molecule has 0 N–H and O–H groups in total. The van der Waals surface area contributed by atoms with Crippen molar-refractivity contribution in [2.75, 3.05) is 0 Å². The molecule has 1 aromatic heterocycles. The summed E-state index contributed by atoms with van der Waals surface area (Å²) in [5.41, 5.74) is 9.00. The highest BCUT2D eigenvalue weighted by Gasteiger charge is 2.24. The largest absolute Gasteiger partial charge is 0.296 e. The van der Waals surface area contributed by atoms with Gasteiger partial charge in [0.1, 0.15) is 5.82 Å². The Labute approximate surface area is 307 Å². The maximum Gasteiger partial charge on any atom is 0.114 e. The Bertz CT molecular complexity index is 3420. The fraction of sp³-hybridized carbons (Fsp3) is 0.0408. The Morgan fingerprint density at radius 3 is 1.88 bits per heavy atom. The third kappa shape index (κ3) is 4.02. The summed E-state index contributed by atoms with van der Waals surface area (Å²) in [5, 5.41) is 4.39. The Kier molecular flexibility index (Phi) is 4.54. The average Bonchev–Trinajstić information content (AvgIpc) is 3.81. The predicted molar refractivity (Wildman–Crippen MR) is 216 cm³/mol. The summed E-state index contributed by atoms with van der Waals surface area (Å²) in [6.07, 6.45) is 0.744. The van der Waals surface area contributed by atoms with Gasteiger partial charge in [0.25, 0.3) is 0 Å². The van der Waals surface area contributed by atoms with E-state index in [-0.39, 0.29) is 45.7 Å². The lowest BCUT2D eigenvalue weighted by molar-refractivity contribution is 0.909. The number of imidazole rings is 1. The first kappa shape index (κ1) is 21.5. The standard InChI is InChI=1S/C49H32N2/c1-2-46-50-44-20-9-10-21-45(44)51(46)33-25-24-30-28-32(23-22-31(30)29-33)47-37-14-5-7-16-39(37)49(40-17-8-6-15-38(40)47)43-27-26-42-35-13-4-3-12-34(35)36-18-11-19-41(43)48(36)42/h3-29H,2H2,1H3/i5D,6D,7D,8D,14D,15D,16D,17D. The van der Waals surface area contributed by atoms with Crippen molar-refractivity contribution < 1.29 is 11.0 Å². The normalized spacial score (nSPS) is 14.3. The molecule has 11 rings (SSSR count). The van der Waals surface area contributed by atoms with Crippen molar-refractivity contribution in [2.45, 2.75) is 13.3 Å². The lowest BCUT2D eigenvalue weighted by atomic mass is 9.84. The Balaban J connectivity index is 1.25. The highest BCUT2D eigenvalue weighted by Crippen LogP contribution is 2.51. The summed E-state index contributed by atoms with van der Waals surface area (Å²) >= 11 is 0. The van der Waals surface area contributed by atoms with Crippen LogP contribution in [-0.4, -0.2) is 9.55 Å². The molecule has 2 heteroatoms. The second-order valence-corrected chi connectivity index (χ2v) is 13.1. The lowest BCUT2D eigenvalue weighted by Crippen LogP contribution is -2.00. The summed E-state index contributed by atoms with van der Waals surface area (Å²) in [6.45, 7) is 2.08. The molecule has 51 heavy (non-hydrogen) atoms. The zero-order valence-electron chi connectivity index (χ0n) is 35.6. The van der Waals surface area contributed by atoms with Crippen LogP contribution in [-0.2, 0) is 6.42 Å². The maximum absolute atomic E-state index is 9.50. The minimum absolute atomic E-state index is 0.198. The molecular formula is C49H32N2. The van der Waals surface area contributed by atoms with Crippen LogP contribution in [0.1, 0.15) is 23.7 Å². The molecule has 0 saturated carbocycles. The molecule has 10 aromatic rings. The van der Waals surface area contributed by atoms with E-state index < -0.39 is 24.2 Å². The molecule has 0 bridgehead atoms. The molecule has 1 heterocycles. The lowest BCUT2D eigenvalue weighted by Gasteiger charge is -2.19. The fourth-order valence-electron chi connectivity index (χ4n) is 8.34. The van der Waals surface area contributed by atoms with Crippen LogP contribution in [0.4, 0.5) is 0 Å². The first-order valence-corrected chi connectivity index (χ1v) is 17.2. The minimum atomic E-state index is -0.421. The number of aryl methyl sites for hydroxylation is 1. The van der Waals surface area contributed by atoms with Crippen LogP contribution in [0.25, 0.3) is 104 Å². The number of nitrogens with zero attached hydrogens (tertiary/aromatic N) is 2. The van der Waals surface area contributed by atoms with Gasteiger partial charge in [-0.15, -0.1) is 0 Å². The van der Waals surface area contributed by atoms with E-state index in [1.807, 2.05) is 84.9 Å². The second kappa shape index (κ2) is 10.7. The molecule has 0 atom stereocenters. The van der Waals surface area contributed by atoms with Gasteiger partial charge in [-0.2, -0.15) is 0 Å². The van der Waals surface area contributed by atoms with Crippen molar-refractivity contribution >= 4 is 54.1 Å². The fourth-order valence-corrected chi connectivity index (χ4v) is 8.34. The number of rotatable bonds is 4. The van der Waals surface area contributed by atoms with Gasteiger partial charge >= 0.3 is 0 Å². The first-order chi connectivity index (χ1) is 28.6. The van der Waals surface area contributed by atoms with Gasteiger partial charge in [0, 0.05) is 12.1 Å². The predicted octanol–water partition coefficient (Wildman–Crippen LogP) is 13.2. The van der Waals surface area contributed by atoms with Gasteiger partial charge in [-0.05, 0) is 118 Å². The zero-order valence-corrected chi connectivity index (χ0v) is 27.6. The van der Waals surface area contributed by atoms with Crippen LogP contribution < -0.4 is 0 Å². The van der Waals surface area contributed by atoms with Gasteiger partial charge in [-0.3, -0.25) is 4.57 Å². The number of hydrogen-bond acceptors (Lipinski definition) is 1. The molecule has 0 aliphatic heterocycles. The highest BCUT2D eigenvalue weighted by molar-refractivity contribution is 6.26. The molecule has 238 valence electrons. The molecule has 9 aromatic carbocycles. The van der Waals surface area contributed by atoms with Crippen molar-refractivity contribution in [1.29, 1.82) is 0 Å². The molecule has 0 saturated heterocycles. The third-order valence-electron chi connectivity index (χ3n) is 10.5. The van der Waals surface area contributed by atoms with Crippen LogP contribution in [0, 0.1) is 0 Å². The van der Waals surface area contributed by atoms with Gasteiger partial charge in [0.2, 0.25) is 0 Å². The van der Waals surface area contributed by atoms with Crippen molar-refractivity contribution in [3.63, 3.8) is 0 Å². The zero-order chi connectivity index (χ0) is 40.6. The molecule has 1 aliphatic rings. The molecule has 0 unspecified atom stereocenters. The van der Waals surface area contributed by atoms with Crippen molar-refractivity contribution in [2.24, 2.45) is 0 Å². The van der Waals surface area contributed by atoms with Crippen molar-refractivity contribution in [1.82, 2.24) is 9.55 Å². The van der Waals surface area contributed by atoms with E-state index >= 15 is 0 Å². The Morgan fingerprint density at radius 2 is 1.14 bits per heavy atom. The molecule has 0 amide bonds. The number of benzene rings is 9. The monoisotopic (exact) mass is 656 g/mol. The van der Waals surface area contributed by atoms with Gasteiger partial charge in [-0.1, -0.05) is 140 Å². The SMILES string of the molecule is [2H]c1c([2H])c([2H])c2c(-c3ccc4c5c(cccc35)-c3ccccc3-4)c3c([2H])c([2H])c([2H])c([2H])c3c(-c3ccc4cc(-n5c(CC)nc6ccccc65)ccc4c3)c2c1[2H]. The van der Waals surface area contributed by atoms with E-state index in [4.69, 9.17) is 10.5 Å². The van der Waals surface area contributed by atoms with Crippen molar-refractivity contribution in [3.05, 3.63) is 169 Å². The summed E-state index contributed by atoms with van der Waals surface area (Å²) in [6, 6.07) is 35.3. The second-order valence-electron chi connectivity index (χ2n) is 13.1. The summed E-state index contributed by atoms with van der Waals surface area (Å²) in [4.78, 5) is 4.86. The Morgan fingerprint density at radius 1 is 0.529 bits per heavy atom. The minimum Gasteiger partial charge on any atom is -0.296 e. The third-order valence-corrected chi connectivity index (χ3v) is 10.5. The van der Waals surface area contributed by atoms with E-state index in [0.717, 1.165) is 72.8 Å². The number of fused-ring (bicyclic) bond motifs is 7. The summed E-state index contributed by atoms with van der Waals surface area (Å²) in [7, 11) is 0. The smallest absolute Gasteiger partial charge is 0.114 e. The maximum atomic E-state index is 9.50. The Hall–Kier alpha value is -6.51. The van der Waals surface area contributed by atoms with Crippen LogP contribution in [0.5, 0.6) is 0 Å². The molecule has 0 fully saturated rings. The van der Waals surface area contributed by atoms with Crippen LogP contribution in [0.15, 0.2) is 164 Å². The molecule has 2 nitrogen and oxygen atoms in total. The van der Waals surface area contributed by atoms with Crippen LogP contribution in [0.3, 0.4) is 0 Å². The number of aromatic nitrogens is 2. The van der Waals surface area contributed by atoms with E-state index in [1.54, 1.807) is 0 Å². The van der Waals surface area contributed by atoms with Crippen molar-refractivity contribution in [3.8, 4) is 50.2 Å². The number of para-hydroxylation sites is 2. The highest BCUT2D eigenvalue weighted by atomic mass is 15.1. The van der Waals surface area contributed by atoms with E-state index in [9.17, 15) is 5.48 Å². The van der Waals surface area contributed by atoms with Crippen LogP contribution >= 0.6 is 0 Å². The van der Waals surface area contributed by atoms with Gasteiger partial charge in [0.15, 0.2) is 0 Å². The molecular weight excluding hydrogens is 617 g/mol. The summed E-state index contributed by atoms with van der Waals surface area (Å²) < 4.78 is 75.8. The molecule has 1 aliphatic carbocycles. The first-order valence-electron chi connectivity index (χ1n) is 21.2. The number of hydrogen-bond donors (Lipinski definition) is 0. The topological polar surface area (TPSA) is 17.8 Å². The van der Waals surface area contributed by atoms with Gasteiger partial charge in [-0.25, -0.2) is 4.98 Å². The summed E-state index contributed by atoms with van der Waals surface area (Å²) in [5.74, 6) is 0.938. The van der Waals surface area contributed by atoms with E-state index in [0.29, 0.717) is 22.3 Å². The average molecular weight is 657 g/mol.